The molecule has 0 radical (unpaired) electrons. The molecule has 2 aromatic heterocycles. The second kappa shape index (κ2) is 6.38. The largest absolute Gasteiger partial charge is 0.340 e. The van der Waals surface area contributed by atoms with Gasteiger partial charge in [0.1, 0.15) is 5.82 Å². The summed E-state index contributed by atoms with van der Waals surface area (Å²) in [6.45, 7) is 0. The van der Waals surface area contributed by atoms with Gasteiger partial charge in [-0.1, -0.05) is 6.07 Å². The minimum atomic E-state index is 0.569. The number of rotatable bonds is 4. The van der Waals surface area contributed by atoms with Crippen molar-refractivity contribution in [3.05, 3.63) is 65.3 Å². The summed E-state index contributed by atoms with van der Waals surface area (Å²) in [5, 5.41) is 6.66. The maximum atomic E-state index is 4.58. The van der Waals surface area contributed by atoms with Crippen LogP contribution >= 0.6 is 11.3 Å². The van der Waals surface area contributed by atoms with Gasteiger partial charge in [0.2, 0.25) is 5.95 Å². The zero-order valence-electron chi connectivity index (χ0n) is 14.1. The first-order valence-corrected chi connectivity index (χ1v) is 9.54. The van der Waals surface area contributed by atoms with Gasteiger partial charge in [0.15, 0.2) is 0 Å². The van der Waals surface area contributed by atoms with Crippen LogP contribution in [0.3, 0.4) is 0 Å². The topological polar surface area (TPSA) is 62.7 Å². The van der Waals surface area contributed by atoms with E-state index in [9.17, 15) is 0 Å². The van der Waals surface area contributed by atoms with E-state index >= 15 is 0 Å². The van der Waals surface area contributed by atoms with Crippen molar-refractivity contribution in [1.82, 2.24) is 15.0 Å². The third-order valence-corrected chi connectivity index (χ3v) is 5.41. The Morgan fingerprint density at radius 2 is 1.73 bits per heavy atom. The number of fused-ring (bicyclic) bond motifs is 2. The first-order chi connectivity index (χ1) is 12.8. The highest BCUT2D eigenvalue weighted by Gasteiger charge is 2.11. The van der Waals surface area contributed by atoms with Crippen molar-refractivity contribution in [3.63, 3.8) is 0 Å². The quantitative estimate of drug-likeness (QED) is 0.533. The number of hydrogen-bond donors (Lipinski definition) is 2. The molecular weight excluding hydrogens is 342 g/mol. The minimum absolute atomic E-state index is 0.569. The fourth-order valence-electron chi connectivity index (χ4n) is 3.35. The fourth-order valence-corrected chi connectivity index (χ4v) is 4.06. The average Bonchev–Trinajstić information content (AvgIpc) is 3.30. The number of benzene rings is 2. The summed E-state index contributed by atoms with van der Waals surface area (Å²) in [7, 11) is 0. The van der Waals surface area contributed by atoms with Gasteiger partial charge < -0.3 is 10.6 Å². The Bertz CT molecular complexity index is 1090. The number of aromatic nitrogens is 3. The summed E-state index contributed by atoms with van der Waals surface area (Å²) in [4.78, 5) is 13.2. The van der Waals surface area contributed by atoms with Crippen LogP contribution in [-0.2, 0) is 12.8 Å². The average molecular weight is 359 g/mol. The Morgan fingerprint density at radius 1 is 0.846 bits per heavy atom. The molecule has 0 aliphatic heterocycles. The van der Waals surface area contributed by atoms with E-state index in [-0.39, 0.29) is 0 Å². The monoisotopic (exact) mass is 359 g/mol. The van der Waals surface area contributed by atoms with E-state index in [2.05, 4.69) is 49.9 Å². The molecule has 0 bridgehead atoms. The first kappa shape index (κ1) is 15.3. The van der Waals surface area contributed by atoms with Crippen LogP contribution in [0.15, 0.2) is 54.2 Å². The Hall–Kier alpha value is -2.99. The van der Waals surface area contributed by atoms with Gasteiger partial charge in [0, 0.05) is 17.6 Å². The highest BCUT2D eigenvalue weighted by Crippen LogP contribution is 2.27. The molecule has 0 unspecified atom stereocenters. The molecule has 0 amide bonds. The van der Waals surface area contributed by atoms with Gasteiger partial charge in [-0.2, -0.15) is 4.98 Å². The lowest BCUT2D eigenvalue weighted by atomic mass is 10.1. The molecule has 128 valence electrons. The fraction of sp³-hybridized carbons (Fsp3) is 0.150. The van der Waals surface area contributed by atoms with Crippen molar-refractivity contribution in [2.45, 2.75) is 19.3 Å². The maximum absolute atomic E-state index is 4.58. The minimum Gasteiger partial charge on any atom is -0.340 e. The van der Waals surface area contributed by atoms with E-state index in [4.69, 9.17) is 0 Å². The van der Waals surface area contributed by atoms with E-state index in [1.54, 1.807) is 17.5 Å². The summed E-state index contributed by atoms with van der Waals surface area (Å²) >= 11 is 1.62. The first-order valence-electron chi connectivity index (χ1n) is 8.66. The standard InChI is InChI=1S/C20H17N5S/c1-2-13-4-5-15(10-14(13)3-1)23-19-8-9-21-20(25-19)24-16-6-7-17-18(11-16)26-12-22-17/h4-12H,1-3H2,(H2,21,23,24,25). The van der Waals surface area contributed by atoms with E-state index in [0.717, 1.165) is 27.4 Å². The number of hydrogen-bond acceptors (Lipinski definition) is 6. The van der Waals surface area contributed by atoms with Crippen LogP contribution in [0.5, 0.6) is 0 Å². The number of thiazole rings is 1. The van der Waals surface area contributed by atoms with Crippen molar-refractivity contribution in [1.29, 1.82) is 0 Å². The number of aryl methyl sites for hydroxylation is 2. The molecule has 0 fully saturated rings. The van der Waals surface area contributed by atoms with Crippen LogP contribution in [0.4, 0.5) is 23.1 Å². The molecule has 0 saturated carbocycles. The van der Waals surface area contributed by atoms with Crippen molar-refractivity contribution in [2.24, 2.45) is 0 Å². The molecule has 5 nitrogen and oxygen atoms in total. The zero-order valence-corrected chi connectivity index (χ0v) is 14.9. The smallest absolute Gasteiger partial charge is 0.229 e. The molecule has 2 aromatic carbocycles. The lowest BCUT2D eigenvalue weighted by Gasteiger charge is -2.10. The molecule has 26 heavy (non-hydrogen) atoms. The lowest BCUT2D eigenvalue weighted by Crippen LogP contribution is -2.00. The molecule has 1 aliphatic rings. The molecule has 2 N–H and O–H groups in total. The van der Waals surface area contributed by atoms with Gasteiger partial charge in [-0.3, -0.25) is 0 Å². The summed E-state index contributed by atoms with van der Waals surface area (Å²) in [6.07, 6.45) is 5.38. The molecule has 5 rings (SSSR count). The van der Waals surface area contributed by atoms with Gasteiger partial charge >= 0.3 is 0 Å². The summed E-state index contributed by atoms with van der Waals surface area (Å²) in [5.41, 5.74) is 7.80. The van der Waals surface area contributed by atoms with E-state index in [1.165, 1.54) is 30.4 Å². The lowest BCUT2D eigenvalue weighted by molar-refractivity contribution is 0.912. The van der Waals surface area contributed by atoms with Crippen LogP contribution in [0.25, 0.3) is 10.2 Å². The second-order valence-corrected chi connectivity index (χ2v) is 7.27. The molecule has 4 aromatic rings. The van der Waals surface area contributed by atoms with E-state index < -0.39 is 0 Å². The van der Waals surface area contributed by atoms with Crippen LogP contribution in [0, 0.1) is 0 Å². The number of nitrogens with zero attached hydrogens (tertiary/aromatic N) is 3. The predicted molar refractivity (Wildman–Crippen MR) is 107 cm³/mol. The Kier molecular flexibility index (Phi) is 3.75. The van der Waals surface area contributed by atoms with Gasteiger partial charge in [0.25, 0.3) is 0 Å². The third kappa shape index (κ3) is 2.99. The predicted octanol–water partition coefficient (Wildman–Crippen LogP) is 5.06. The van der Waals surface area contributed by atoms with E-state index in [1.807, 2.05) is 23.7 Å². The van der Waals surface area contributed by atoms with Crippen LogP contribution < -0.4 is 10.6 Å². The van der Waals surface area contributed by atoms with Crippen LogP contribution in [0.2, 0.25) is 0 Å². The molecule has 0 atom stereocenters. The Morgan fingerprint density at radius 3 is 2.73 bits per heavy atom. The molecule has 0 saturated heterocycles. The SMILES string of the molecule is c1cc(Nc2ccc3c(c2)CCC3)nc(Nc2ccc3ncsc3c2)n1. The molecule has 0 spiro atoms. The van der Waals surface area contributed by atoms with Crippen molar-refractivity contribution >= 4 is 44.7 Å². The highest BCUT2D eigenvalue weighted by molar-refractivity contribution is 7.16. The third-order valence-electron chi connectivity index (χ3n) is 4.61. The summed E-state index contributed by atoms with van der Waals surface area (Å²) in [6, 6.07) is 14.5. The van der Waals surface area contributed by atoms with Gasteiger partial charge in [0.05, 0.1) is 15.7 Å². The Balaban J connectivity index is 1.36. The summed E-state index contributed by atoms with van der Waals surface area (Å²) in [5.74, 6) is 1.35. The molecular formula is C20H17N5S. The second-order valence-electron chi connectivity index (χ2n) is 6.39. The van der Waals surface area contributed by atoms with Gasteiger partial charge in [-0.05, 0) is 66.8 Å². The van der Waals surface area contributed by atoms with Crippen LogP contribution in [0.1, 0.15) is 17.5 Å². The maximum Gasteiger partial charge on any atom is 0.229 e. The molecule has 1 aliphatic carbocycles. The zero-order chi connectivity index (χ0) is 17.3. The van der Waals surface area contributed by atoms with Gasteiger partial charge in [-0.25, -0.2) is 9.97 Å². The number of anilines is 4. The normalized spacial score (nSPS) is 12.9. The summed E-state index contributed by atoms with van der Waals surface area (Å²) < 4.78 is 1.14. The van der Waals surface area contributed by atoms with Crippen molar-refractivity contribution in [2.75, 3.05) is 10.6 Å². The number of nitrogens with one attached hydrogen (secondary N) is 2. The molecule has 6 heteroatoms. The van der Waals surface area contributed by atoms with E-state index in [0.29, 0.717) is 5.95 Å². The molecule has 2 heterocycles. The van der Waals surface area contributed by atoms with Crippen molar-refractivity contribution in [3.8, 4) is 0 Å². The van der Waals surface area contributed by atoms with Gasteiger partial charge in [-0.15, -0.1) is 11.3 Å². The Labute approximate surface area is 155 Å². The van der Waals surface area contributed by atoms with Crippen LogP contribution in [-0.4, -0.2) is 15.0 Å². The highest BCUT2D eigenvalue weighted by atomic mass is 32.1. The van der Waals surface area contributed by atoms with Crippen molar-refractivity contribution < 1.29 is 0 Å².